The van der Waals surface area contributed by atoms with Crippen molar-refractivity contribution in [1.29, 1.82) is 0 Å². The number of para-hydroxylation sites is 2. The van der Waals surface area contributed by atoms with Crippen molar-refractivity contribution in [3.05, 3.63) is 30.6 Å². The molecule has 1 aromatic carbocycles. The van der Waals surface area contributed by atoms with Gasteiger partial charge in [-0.05, 0) is 25.0 Å². The van der Waals surface area contributed by atoms with Crippen molar-refractivity contribution in [2.75, 3.05) is 58.7 Å². The molecule has 0 bridgehead atoms. The summed E-state index contributed by atoms with van der Waals surface area (Å²) >= 11 is 1.37. The molecule has 0 radical (unpaired) electrons. The van der Waals surface area contributed by atoms with E-state index < -0.39 is 0 Å². The normalized spacial score (nSPS) is 17.2. The van der Waals surface area contributed by atoms with Gasteiger partial charge in [-0.15, -0.1) is 10.2 Å². The summed E-state index contributed by atoms with van der Waals surface area (Å²) in [5, 5.41) is 8.82. The fourth-order valence-corrected chi connectivity index (χ4v) is 4.77. The van der Waals surface area contributed by atoms with Crippen LogP contribution in [-0.4, -0.2) is 100.0 Å². The Balaban J connectivity index is 1.27. The van der Waals surface area contributed by atoms with Crippen LogP contribution >= 0.6 is 11.8 Å². The number of hydrogen-bond donors (Lipinski definition) is 0. The Hall–Kier alpha value is -2.59. The first kappa shape index (κ1) is 21.6. The van der Waals surface area contributed by atoms with Crippen LogP contribution in [0.3, 0.4) is 0 Å². The van der Waals surface area contributed by atoms with Gasteiger partial charge in [0, 0.05) is 39.3 Å². The van der Waals surface area contributed by atoms with Gasteiger partial charge < -0.3 is 14.5 Å². The molecule has 2 aliphatic rings. The number of amides is 2. The number of carbonyl (C=O) groups excluding carboxylic acids is 2. The molecule has 10 heteroatoms. The lowest BCUT2D eigenvalue weighted by Crippen LogP contribution is -2.51. The molecular formula is C21H28N6O3S. The molecular weight excluding hydrogens is 416 g/mol. The second kappa shape index (κ2) is 10.1. The van der Waals surface area contributed by atoms with E-state index in [-0.39, 0.29) is 11.8 Å². The molecule has 2 aromatic rings. The van der Waals surface area contributed by atoms with Gasteiger partial charge in [0.25, 0.3) is 0 Å². The van der Waals surface area contributed by atoms with Gasteiger partial charge in [0.2, 0.25) is 11.8 Å². The summed E-state index contributed by atoms with van der Waals surface area (Å²) in [6.07, 6.45) is 3.84. The quantitative estimate of drug-likeness (QED) is 0.592. The van der Waals surface area contributed by atoms with Crippen LogP contribution in [-0.2, 0) is 9.59 Å². The average molecular weight is 445 g/mol. The van der Waals surface area contributed by atoms with Crippen LogP contribution in [0, 0.1) is 0 Å². The van der Waals surface area contributed by atoms with E-state index in [0.717, 1.165) is 50.5 Å². The average Bonchev–Trinajstić information content (AvgIpc) is 3.50. The lowest BCUT2D eigenvalue weighted by Gasteiger charge is -2.35. The largest absolute Gasteiger partial charge is 0.495 e. The number of ether oxygens (including phenoxy) is 1. The Morgan fingerprint density at radius 2 is 1.71 bits per heavy atom. The predicted octanol–water partition coefficient (Wildman–Crippen LogP) is 1.13. The number of hydrogen-bond acceptors (Lipinski definition) is 7. The summed E-state index contributed by atoms with van der Waals surface area (Å²) in [5.41, 5.74) is 0.834. The summed E-state index contributed by atoms with van der Waals surface area (Å²) in [7, 11) is 1.62. The summed E-state index contributed by atoms with van der Waals surface area (Å²) in [6.45, 7) is 4.97. The lowest BCUT2D eigenvalue weighted by molar-refractivity contribution is -0.133. The molecule has 4 rings (SSSR count). The monoisotopic (exact) mass is 444 g/mol. The van der Waals surface area contributed by atoms with Gasteiger partial charge in [-0.1, -0.05) is 23.9 Å². The number of nitrogens with zero attached hydrogens (tertiary/aromatic N) is 6. The Labute approximate surface area is 186 Å². The molecule has 166 valence electrons. The zero-order chi connectivity index (χ0) is 21.6. The first-order valence-electron chi connectivity index (χ1n) is 10.6. The maximum Gasteiger partial charge on any atom is 0.236 e. The zero-order valence-electron chi connectivity index (χ0n) is 17.8. The molecule has 0 unspecified atom stereocenters. The fourth-order valence-electron chi connectivity index (χ4n) is 3.95. The van der Waals surface area contributed by atoms with E-state index in [0.29, 0.717) is 30.5 Å². The number of methoxy groups -OCH3 is 1. The molecule has 0 saturated carbocycles. The molecule has 2 fully saturated rings. The highest BCUT2D eigenvalue weighted by Crippen LogP contribution is 2.26. The lowest BCUT2D eigenvalue weighted by atomic mass is 10.3. The maximum absolute atomic E-state index is 12.7. The van der Waals surface area contributed by atoms with Crippen molar-refractivity contribution in [3.8, 4) is 11.4 Å². The SMILES string of the molecule is COc1ccccc1-n1cnnc1SCC(=O)N1CCN(CC(=O)N2CCCC2)CC1. The van der Waals surface area contributed by atoms with Crippen molar-refractivity contribution in [2.24, 2.45) is 0 Å². The van der Waals surface area contributed by atoms with Crippen LogP contribution < -0.4 is 4.74 Å². The Bertz CT molecular complexity index is 906. The molecule has 31 heavy (non-hydrogen) atoms. The van der Waals surface area contributed by atoms with Gasteiger partial charge >= 0.3 is 0 Å². The van der Waals surface area contributed by atoms with Gasteiger partial charge in [0.15, 0.2) is 5.16 Å². The molecule has 0 atom stereocenters. The number of aromatic nitrogens is 3. The van der Waals surface area contributed by atoms with Gasteiger partial charge in [-0.2, -0.15) is 0 Å². The number of likely N-dealkylation sites (tertiary alicyclic amines) is 1. The third-order valence-electron chi connectivity index (χ3n) is 5.73. The van der Waals surface area contributed by atoms with E-state index in [2.05, 4.69) is 15.1 Å². The van der Waals surface area contributed by atoms with Crippen LogP contribution in [0.15, 0.2) is 35.7 Å². The van der Waals surface area contributed by atoms with Crippen LogP contribution in [0.4, 0.5) is 0 Å². The first-order chi connectivity index (χ1) is 15.2. The number of rotatable bonds is 7. The number of thioether (sulfide) groups is 1. The molecule has 3 heterocycles. The van der Waals surface area contributed by atoms with Gasteiger partial charge in [0.05, 0.1) is 25.1 Å². The van der Waals surface area contributed by atoms with Crippen LogP contribution in [0.25, 0.3) is 5.69 Å². The van der Waals surface area contributed by atoms with Crippen molar-refractivity contribution in [3.63, 3.8) is 0 Å². The smallest absolute Gasteiger partial charge is 0.236 e. The Morgan fingerprint density at radius 1 is 1.00 bits per heavy atom. The molecule has 2 saturated heterocycles. The fraction of sp³-hybridized carbons (Fsp3) is 0.524. The van der Waals surface area contributed by atoms with E-state index in [1.165, 1.54) is 11.8 Å². The molecule has 0 N–H and O–H groups in total. The minimum absolute atomic E-state index is 0.0742. The topological polar surface area (TPSA) is 83.8 Å². The summed E-state index contributed by atoms with van der Waals surface area (Å²) < 4.78 is 7.25. The minimum Gasteiger partial charge on any atom is -0.495 e. The van der Waals surface area contributed by atoms with E-state index >= 15 is 0 Å². The third kappa shape index (κ3) is 5.19. The van der Waals surface area contributed by atoms with Crippen molar-refractivity contribution >= 4 is 23.6 Å². The van der Waals surface area contributed by atoms with Gasteiger partial charge in [-0.25, -0.2) is 0 Å². The highest BCUT2D eigenvalue weighted by Gasteiger charge is 2.25. The third-order valence-corrected chi connectivity index (χ3v) is 6.66. The standard InChI is InChI=1S/C21H28N6O3S/c1-30-18-7-3-2-6-17(18)27-16-22-23-21(27)31-15-20(29)26-12-10-24(11-13-26)14-19(28)25-8-4-5-9-25/h2-3,6-7,16H,4-5,8-15H2,1H3. The van der Waals surface area contributed by atoms with Crippen molar-refractivity contribution in [1.82, 2.24) is 29.5 Å². The zero-order valence-corrected chi connectivity index (χ0v) is 18.6. The van der Waals surface area contributed by atoms with E-state index in [9.17, 15) is 9.59 Å². The van der Waals surface area contributed by atoms with Crippen LogP contribution in [0.5, 0.6) is 5.75 Å². The number of piperazine rings is 1. The number of benzene rings is 1. The van der Waals surface area contributed by atoms with Gasteiger partial charge in [-0.3, -0.25) is 19.1 Å². The van der Waals surface area contributed by atoms with Gasteiger partial charge in [0.1, 0.15) is 12.1 Å². The van der Waals surface area contributed by atoms with Crippen LogP contribution in [0.2, 0.25) is 0 Å². The highest BCUT2D eigenvalue weighted by molar-refractivity contribution is 7.99. The Kier molecular flexibility index (Phi) is 7.08. The first-order valence-corrected chi connectivity index (χ1v) is 11.6. The maximum atomic E-state index is 12.7. The van der Waals surface area contributed by atoms with E-state index in [1.54, 1.807) is 13.4 Å². The second-order valence-corrected chi connectivity index (χ2v) is 8.63. The summed E-state index contributed by atoms with van der Waals surface area (Å²) in [5.74, 6) is 1.30. The molecule has 0 spiro atoms. The molecule has 2 aliphatic heterocycles. The molecule has 9 nitrogen and oxygen atoms in total. The summed E-state index contributed by atoms with van der Waals surface area (Å²) in [6, 6.07) is 7.63. The summed E-state index contributed by atoms with van der Waals surface area (Å²) in [4.78, 5) is 31.0. The highest BCUT2D eigenvalue weighted by atomic mass is 32.2. The predicted molar refractivity (Wildman–Crippen MR) is 117 cm³/mol. The Morgan fingerprint density at radius 3 is 2.45 bits per heavy atom. The number of carbonyl (C=O) groups is 2. The molecule has 2 amide bonds. The van der Waals surface area contributed by atoms with Crippen molar-refractivity contribution < 1.29 is 14.3 Å². The van der Waals surface area contributed by atoms with Crippen molar-refractivity contribution in [2.45, 2.75) is 18.0 Å². The van der Waals surface area contributed by atoms with E-state index in [4.69, 9.17) is 4.74 Å². The minimum atomic E-state index is 0.0742. The second-order valence-electron chi connectivity index (χ2n) is 7.69. The van der Waals surface area contributed by atoms with Crippen LogP contribution in [0.1, 0.15) is 12.8 Å². The molecule has 0 aliphatic carbocycles. The van der Waals surface area contributed by atoms with E-state index in [1.807, 2.05) is 38.6 Å². The molecule has 1 aromatic heterocycles.